The van der Waals surface area contributed by atoms with Gasteiger partial charge in [-0.05, 0) is 31.0 Å². The van der Waals surface area contributed by atoms with Crippen molar-refractivity contribution >= 4 is 17.4 Å². The van der Waals surface area contributed by atoms with Crippen LogP contribution in [0.4, 0.5) is 11.5 Å². The van der Waals surface area contributed by atoms with Gasteiger partial charge < -0.3 is 15.1 Å². The minimum Gasteiger partial charge on any atom is -0.441 e. The van der Waals surface area contributed by atoms with Crippen molar-refractivity contribution in [1.82, 2.24) is 14.5 Å². The van der Waals surface area contributed by atoms with E-state index in [2.05, 4.69) is 9.97 Å². The highest BCUT2D eigenvalue weighted by Gasteiger charge is 2.25. The highest BCUT2D eigenvalue weighted by atomic mass is 16.4. The molecule has 0 bridgehead atoms. The third-order valence-electron chi connectivity index (χ3n) is 5.65. The van der Waals surface area contributed by atoms with Gasteiger partial charge in [-0.25, -0.2) is 9.78 Å². The Morgan fingerprint density at radius 1 is 1.09 bits per heavy atom. The lowest BCUT2D eigenvalue weighted by Gasteiger charge is -2.24. The van der Waals surface area contributed by atoms with Crippen LogP contribution in [-0.4, -0.2) is 27.0 Å². The summed E-state index contributed by atoms with van der Waals surface area (Å²) in [6.45, 7) is 4.04. The van der Waals surface area contributed by atoms with E-state index < -0.39 is 11.2 Å². The number of nitrogen functional groups attached to an aromatic ring is 1. The molecule has 0 saturated carbocycles. The molecule has 0 aliphatic carbocycles. The number of amides is 1. The van der Waals surface area contributed by atoms with E-state index in [0.29, 0.717) is 23.8 Å². The van der Waals surface area contributed by atoms with Gasteiger partial charge in [0.1, 0.15) is 11.6 Å². The predicted octanol–water partition coefficient (Wildman–Crippen LogP) is 3.12. The first-order chi connectivity index (χ1) is 16.9. The largest absolute Gasteiger partial charge is 0.441 e. The molecule has 3 N–H and O–H groups in total. The van der Waals surface area contributed by atoms with E-state index in [-0.39, 0.29) is 36.9 Å². The molecule has 2 heterocycles. The SMILES string of the molecule is CCCN(C(=O)Cc1nc(-c2ccccc2)oc1C)c1c(N)n(Cc2ccccc2)c(=O)[nH]c1=O. The molecule has 0 aliphatic heterocycles. The number of nitrogens with two attached hydrogens (primary N) is 1. The first-order valence-corrected chi connectivity index (χ1v) is 11.4. The van der Waals surface area contributed by atoms with Crippen LogP contribution < -0.4 is 21.9 Å². The minimum absolute atomic E-state index is 0.0446. The number of rotatable bonds is 8. The zero-order valence-corrected chi connectivity index (χ0v) is 19.7. The van der Waals surface area contributed by atoms with Crippen molar-refractivity contribution in [2.24, 2.45) is 0 Å². The molecule has 2 aromatic heterocycles. The van der Waals surface area contributed by atoms with Crippen LogP contribution in [0.25, 0.3) is 11.5 Å². The lowest BCUT2D eigenvalue weighted by Crippen LogP contribution is -2.42. The summed E-state index contributed by atoms with van der Waals surface area (Å²) in [5.74, 6) is 0.502. The molecule has 0 unspecified atom stereocenters. The number of benzene rings is 2. The molecule has 0 radical (unpaired) electrons. The Morgan fingerprint density at radius 3 is 2.40 bits per heavy atom. The van der Waals surface area contributed by atoms with E-state index in [1.54, 1.807) is 6.92 Å². The molecular formula is C26H27N5O4. The summed E-state index contributed by atoms with van der Waals surface area (Å²) in [7, 11) is 0. The van der Waals surface area contributed by atoms with E-state index in [1.807, 2.05) is 67.6 Å². The van der Waals surface area contributed by atoms with Gasteiger partial charge in [0, 0.05) is 12.1 Å². The molecule has 0 atom stereocenters. The molecule has 2 aromatic carbocycles. The number of carbonyl (C=O) groups excluding carboxylic acids is 1. The van der Waals surface area contributed by atoms with Crippen LogP contribution in [0.5, 0.6) is 0 Å². The van der Waals surface area contributed by atoms with E-state index in [9.17, 15) is 14.4 Å². The average molecular weight is 474 g/mol. The summed E-state index contributed by atoms with van der Waals surface area (Å²) < 4.78 is 7.04. The van der Waals surface area contributed by atoms with Crippen LogP contribution in [0.15, 0.2) is 74.7 Å². The number of H-pyrrole nitrogens is 1. The Morgan fingerprint density at radius 2 is 1.74 bits per heavy atom. The molecule has 0 saturated heterocycles. The fourth-order valence-corrected chi connectivity index (χ4v) is 3.88. The molecule has 0 fully saturated rings. The number of nitrogens with zero attached hydrogens (tertiary/aromatic N) is 3. The van der Waals surface area contributed by atoms with Crippen molar-refractivity contribution in [3.05, 3.63) is 98.5 Å². The summed E-state index contributed by atoms with van der Waals surface area (Å²) >= 11 is 0. The maximum absolute atomic E-state index is 13.4. The summed E-state index contributed by atoms with van der Waals surface area (Å²) in [6.07, 6.45) is 0.494. The zero-order valence-electron chi connectivity index (χ0n) is 19.7. The standard InChI is InChI=1S/C26H27N5O4/c1-3-14-30(21(32)15-20-17(2)35-25(28-20)19-12-8-5-9-13-19)22-23(27)31(26(34)29-24(22)33)16-18-10-6-4-7-11-18/h4-13H,3,14-16,27H2,1-2H3,(H,29,33,34). The molecule has 0 aliphatic rings. The second kappa shape index (κ2) is 10.3. The number of hydrogen-bond donors (Lipinski definition) is 2. The van der Waals surface area contributed by atoms with Crippen molar-refractivity contribution < 1.29 is 9.21 Å². The number of anilines is 2. The van der Waals surface area contributed by atoms with Gasteiger partial charge in [0.05, 0.1) is 18.7 Å². The van der Waals surface area contributed by atoms with Crippen molar-refractivity contribution in [3.8, 4) is 11.5 Å². The normalized spacial score (nSPS) is 10.9. The molecule has 4 rings (SSSR count). The second-order valence-electron chi connectivity index (χ2n) is 8.17. The minimum atomic E-state index is -0.708. The fraction of sp³-hybridized carbons (Fsp3) is 0.231. The highest BCUT2D eigenvalue weighted by molar-refractivity contribution is 5.96. The molecule has 0 spiro atoms. The zero-order chi connectivity index (χ0) is 24.9. The summed E-state index contributed by atoms with van der Waals surface area (Å²) in [5.41, 5.74) is 7.04. The van der Waals surface area contributed by atoms with Crippen molar-refractivity contribution in [2.45, 2.75) is 33.2 Å². The van der Waals surface area contributed by atoms with Crippen molar-refractivity contribution in [2.75, 3.05) is 17.2 Å². The van der Waals surface area contributed by atoms with Gasteiger partial charge >= 0.3 is 5.69 Å². The fourth-order valence-electron chi connectivity index (χ4n) is 3.88. The monoisotopic (exact) mass is 473 g/mol. The number of aromatic amines is 1. The van der Waals surface area contributed by atoms with Gasteiger partial charge in [-0.15, -0.1) is 0 Å². The van der Waals surface area contributed by atoms with Crippen molar-refractivity contribution in [3.63, 3.8) is 0 Å². The molecule has 1 amide bonds. The lowest BCUT2D eigenvalue weighted by atomic mass is 10.2. The second-order valence-corrected chi connectivity index (χ2v) is 8.17. The third kappa shape index (κ3) is 5.08. The van der Waals surface area contributed by atoms with Crippen LogP contribution in [0.3, 0.4) is 0 Å². The maximum atomic E-state index is 13.4. The predicted molar refractivity (Wildman–Crippen MR) is 134 cm³/mol. The van der Waals surface area contributed by atoms with Gasteiger partial charge in [-0.1, -0.05) is 55.5 Å². The molecule has 35 heavy (non-hydrogen) atoms. The van der Waals surface area contributed by atoms with Gasteiger partial charge in [0.2, 0.25) is 11.8 Å². The number of aryl methyl sites for hydroxylation is 1. The Bertz CT molecular complexity index is 1440. The van der Waals surface area contributed by atoms with Crippen LogP contribution in [0.1, 0.15) is 30.4 Å². The van der Waals surface area contributed by atoms with Gasteiger partial charge in [-0.3, -0.25) is 19.1 Å². The van der Waals surface area contributed by atoms with Crippen LogP contribution >= 0.6 is 0 Å². The van der Waals surface area contributed by atoms with Gasteiger partial charge in [-0.2, -0.15) is 0 Å². The number of oxazole rings is 1. The number of nitrogens with one attached hydrogen (secondary N) is 1. The molecular weight excluding hydrogens is 446 g/mol. The van der Waals surface area contributed by atoms with E-state index >= 15 is 0 Å². The molecule has 9 heteroatoms. The summed E-state index contributed by atoms with van der Waals surface area (Å²) in [6, 6.07) is 18.7. The van der Waals surface area contributed by atoms with Gasteiger partial charge in [0.15, 0.2) is 5.69 Å². The van der Waals surface area contributed by atoms with E-state index in [0.717, 1.165) is 11.1 Å². The number of aromatic nitrogens is 3. The Balaban J connectivity index is 1.68. The first kappa shape index (κ1) is 23.7. The average Bonchev–Trinajstić information content (AvgIpc) is 3.22. The Kier molecular flexibility index (Phi) is 6.96. The first-order valence-electron chi connectivity index (χ1n) is 11.4. The van der Waals surface area contributed by atoms with Crippen molar-refractivity contribution in [1.29, 1.82) is 0 Å². The van der Waals surface area contributed by atoms with Crippen LogP contribution in [-0.2, 0) is 17.8 Å². The van der Waals surface area contributed by atoms with Crippen LogP contribution in [0.2, 0.25) is 0 Å². The highest BCUT2D eigenvalue weighted by Crippen LogP contribution is 2.24. The van der Waals surface area contributed by atoms with Gasteiger partial charge in [0.25, 0.3) is 5.56 Å². The molecule has 180 valence electrons. The molecule has 9 nitrogen and oxygen atoms in total. The maximum Gasteiger partial charge on any atom is 0.330 e. The quantitative estimate of drug-likeness (QED) is 0.405. The van der Waals surface area contributed by atoms with Crippen LogP contribution in [0, 0.1) is 6.92 Å². The number of hydrogen-bond acceptors (Lipinski definition) is 6. The van der Waals surface area contributed by atoms with E-state index in [1.165, 1.54) is 9.47 Å². The smallest absolute Gasteiger partial charge is 0.330 e. The topological polar surface area (TPSA) is 127 Å². The third-order valence-corrected chi connectivity index (χ3v) is 5.65. The Hall–Kier alpha value is -4.40. The lowest BCUT2D eigenvalue weighted by molar-refractivity contribution is -0.118. The van der Waals surface area contributed by atoms with E-state index in [4.69, 9.17) is 10.2 Å². The number of carbonyl (C=O) groups is 1. The summed E-state index contributed by atoms with van der Waals surface area (Å²) in [5, 5.41) is 0. The summed E-state index contributed by atoms with van der Waals surface area (Å²) in [4.78, 5) is 46.9. The Labute approximate surface area is 201 Å². The molecule has 4 aromatic rings.